The second-order valence-corrected chi connectivity index (χ2v) is 6.91. The molecule has 0 bridgehead atoms. The molecule has 0 spiro atoms. The van der Waals surface area contributed by atoms with E-state index in [1.165, 1.54) is 7.11 Å². The highest BCUT2D eigenvalue weighted by Crippen LogP contribution is 2.45. The smallest absolute Gasteiger partial charge is 0.217 e. The summed E-state index contributed by atoms with van der Waals surface area (Å²) in [4.78, 5) is 4.73. The van der Waals surface area contributed by atoms with Gasteiger partial charge in [0.2, 0.25) is 11.6 Å². The molecule has 28 heavy (non-hydrogen) atoms. The molecule has 2 aromatic carbocycles. The highest BCUT2D eigenvalue weighted by Gasteiger charge is 2.40. The molecule has 150 valence electrons. The minimum Gasteiger partial charge on any atom is -0.504 e. The summed E-state index contributed by atoms with van der Waals surface area (Å²) >= 11 is 0. The number of ether oxygens (including phenoxy) is 5. The second-order valence-electron chi connectivity index (χ2n) is 6.91. The predicted octanol–water partition coefficient (Wildman–Crippen LogP) is 3.72. The van der Waals surface area contributed by atoms with Gasteiger partial charge in [-0.15, -0.1) is 0 Å². The van der Waals surface area contributed by atoms with Gasteiger partial charge < -0.3 is 28.8 Å². The van der Waals surface area contributed by atoms with Crippen LogP contribution in [0.2, 0.25) is 0 Å². The summed E-state index contributed by atoms with van der Waals surface area (Å²) in [5, 5.41) is 10.1. The normalized spacial score (nSPS) is 17.5. The summed E-state index contributed by atoms with van der Waals surface area (Å²) < 4.78 is 27.6. The van der Waals surface area contributed by atoms with Crippen LogP contribution >= 0.6 is 0 Å². The van der Waals surface area contributed by atoms with E-state index in [1.54, 1.807) is 39.5 Å². The van der Waals surface area contributed by atoms with Crippen LogP contribution in [0.1, 0.15) is 31.1 Å². The number of rotatable bonds is 6. The first-order valence-electron chi connectivity index (χ1n) is 8.78. The van der Waals surface area contributed by atoms with E-state index in [0.29, 0.717) is 34.5 Å². The summed E-state index contributed by atoms with van der Waals surface area (Å²) in [5.41, 5.74) is 0.965. The lowest BCUT2D eigenvalue weighted by Gasteiger charge is -2.25. The summed E-state index contributed by atoms with van der Waals surface area (Å²) in [7, 11) is 6.21. The number of phenols is 1. The summed E-state index contributed by atoms with van der Waals surface area (Å²) in [6.45, 7) is 3.97. The quantitative estimate of drug-likeness (QED) is 0.814. The van der Waals surface area contributed by atoms with Crippen molar-refractivity contribution >= 4 is 5.90 Å². The van der Waals surface area contributed by atoms with Crippen molar-refractivity contribution in [1.29, 1.82) is 0 Å². The zero-order valence-corrected chi connectivity index (χ0v) is 16.9. The zero-order chi connectivity index (χ0) is 20.5. The molecule has 7 nitrogen and oxygen atoms in total. The molecule has 0 fully saturated rings. The lowest BCUT2D eigenvalue weighted by Crippen LogP contribution is -2.24. The van der Waals surface area contributed by atoms with Crippen molar-refractivity contribution in [3.8, 4) is 28.7 Å². The van der Waals surface area contributed by atoms with Crippen molar-refractivity contribution in [2.75, 3.05) is 28.4 Å². The van der Waals surface area contributed by atoms with Gasteiger partial charge >= 0.3 is 0 Å². The fourth-order valence-corrected chi connectivity index (χ4v) is 3.29. The zero-order valence-electron chi connectivity index (χ0n) is 16.9. The Morgan fingerprint density at radius 3 is 2.00 bits per heavy atom. The summed E-state index contributed by atoms with van der Waals surface area (Å²) in [5.74, 6) is 2.48. The number of hydrogen-bond acceptors (Lipinski definition) is 7. The van der Waals surface area contributed by atoms with Crippen molar-refractivity contribution < 1.29 is 28.8 Å². The SMILES string of the molecule is COc1ccc(C2=NC(C)(C)C(c3cc(OC)c(OC)c(OC)c3)O2)cc1O. The first-order valence-corrected chi connectivity index (χ1v) is 8.78. The topological polar surface area (TPSA) is 78.7 Å². The summed E-state index contributed by atoms with van der Waals surface area (Å²) in [6.07, 6.45) is -0.375. The van der Waals surface area contributed by atoms with Crippen LogP contribution in [0.25, 0.3) is 0 Å². The third-order valence-corrected chi connectivity index (χ3v) is 4.68. The first kappa shape index (κ1) is 19.7. The van der Waals surface area contributed by atoms with Crippen molar-refractivity contribution in [2.45, 2.75) is 25.5 Å². The Morgan fingerprint density at radius 2 is 1.50 bits per heavy atom. The number of nitrogens with zero attached hydrogens (tertiary/aromatic N) is 1. The van der Waals surface area contributed by atoms with Gasteiger partial charge in [-0.2, -0.15) is 0 Å². The molecular weight excluding hydrogens is 362 g/mol. The summed E-state index contributed by atoms with van der Waals surface area (Å²) in [6, 6.07) is 8.77. The molecule has 0 aliphatic carbocycles. The number of aliphatic imine (C=N–C) groups is 1. The molecule has 0 saturated carbocycles. The number of phenolic OH excluding ortho intramolecular Hbond substituents is 1. The second kappa shape index (κ2) is 7.50. The predicted molar refractivity (Wildman–Crippen MR) is 105 cm³/mol. The number of hydrogen-bond donors (Lipinski definition) is 1. The Morgan fingerprint density at radius 1 is 0.893 bits per heavy atom. The maximum atomic E-state index is 10.1. The minimum absolute atomic E-state index is 0.0281. The molecular formula is C21H25NO6. The van der Waals surface area contributed by atoms with E-state index in [4.69, 9.17) is 28.7 Å². The lowest BCUT2D eigenvalue weighted by molar-refractivity contribution is 0.157. The van der Waals surface area contributed by atoms with E-state index in [1.807, 2.05) is 26.0 Å². The lowest BCUT2D eigenvalue weighted by atomic mass is 9.92. The van der Waals surface area contributed by atoms with Gasteiger partial charge in [0.05, 0.1) is 28.4 Å². The first-order chi connectivity index (χ1) is 13.3. The van der Waals surface area contributed by atoms with E-state index >= 15 is 0 Å². The molecule has 0 aromatic heterocycles. The molecule has 1 aliphatic heterocycles. The van der Waals surface area contributed by atoms with E-state index in [-0.39, 0.29) is 11.9 Å². The van der Waals surface area contributed by atoms with Gasteiger partial charge in [0.25, 0.3) is 0 Å². The molecule has 1 heterocycles. The molecule has 0 amide bonds. The third-order valence-electron chi connectivity index (χ3n) is 4.68. The average Bonchev–Trinajstić information content (AvgIpc) is 3.01. The molecule has 7 heteroatoms. The number of methoxy groups -OCH3 is 4. The van der Waals surface area contributed by atoms with Crippen LogP contribution in [0, 0.1) is 0 Å². The van der Waals surface area contributed by atoms with E-state index < -0.39 is 5.54 Å². The van der Waals surface area contributed by atoms with E-state index in [9.17, 15) is 5.11 Å². The van der Waals surface area contributed by atoms with Gasteiger partial charge in [-0.05, 0) is 44.2 Å². The maximum Gasteiger partial charge on any atom is 0.217 e. The number of benzene rings is 2. The molecule has 3 rings (SSSR count). The molecule has 1 aliphatic rings. The van der Waals surface area contributed by atoms with Crippen LogP contribution in [-0.4, -0.2) is 45.0 Å². The van der Waals surface area contributed by atoms with Crippen LogP contribution in [0.5, 0.6) is 28.7 Å². The van der Waals surface area contributed by atoms with Crippen molar-refractivity contribution in [3.05, 3.63) is 41.5 Å². The largest absolute Gasteiger partial charge is 0.504 e. The van der Waals surface area contributed by atoms with Crippen molar-refractivity contribution in [3.63, 3.8) is 0 Å². The van der Waals surface area contributed by atoms with Crippen molar-refractivity contribution in [1.82, 2.24) is 0 Å². The Bertz CT molecular complexity index is 881. The Labute approximate surface area is 164 Å². The fourth-order valence-electron chi connectivity index (χ4n) is 3.29. The molecule has 1 atom stereocenters. The highest BCUT2D eigenvalue weighted by molar-refractivity contribution is 5.96. The van der Waals surface area contributed by atoms with E-state index in [2.05, 4.69) is 0 Å². The Balaban J connectivity index is 1.99. The monoisotopic (exact) mass is 387 g/mol. The molecule has 1 N–H and O–H groups in total. The molecule has 0 saturated heterocycles. The molecule has 1 unspecified atom stereocenters. The Kier molecular flexibility index (Phi) is 5.27. The van der Waals surface area contributed by atoms with Gasteiger partial charge in [-0.3, -0.25) is 0 Å². The number of aromatic hydroxyl groups is 1. The average molecular weight is 387 g/mol. The maximum absolute atomic E-state index is 10.1. The van der Waals surface area contributed by atoms with Gasteiger partial charge in [-0.1, -0.05) is 0 Å². The van der Waals surface area contributed by atoms with Gasteiger partial charge in [0, 0.05) is 11.1 Å². The standard InChI is InChI=1S/C21H25NO6/c1-21(2)19(13-10-16(25-4)18(27-6)17(11-13)26-5)28-20(22-21)12-7-8-15(24-3)14(23)9-12/h7-11,19,23H,1-6H3. The molecule has 2 aromatic rings. The van der Waals surface area contributed by atoms with Crippen LogP contribution in [0.15, 0.2) is 35.3 Å². The van der Waals surface area contributed by atoms with Crippen LogP contribution in [0.4, 0.5) is 0 Å². The highest BCUT2D eigenvalue weighted by atomic mass is 16.5. The van der Waals surface area contributed by atoms with Gasteiger partial charge in [0.1, 0.15) is 5.54 Å². The van der Waals surface area contributed by atoms with Gasteiger partial charge in [-0.25, -0.2) is 4.99 Å². The molecule has 0 radical (unpaired) electrons. The van der Waals surface area contributed by atoms with E-state index in [0.717, 1.165) is 5.56 Å². The fraction of sp³-hybridized carbons (Fsp3) is 0.381. The van der Waals surface area contributed by atoms with Crippen LogP contribution < -0.4 is 18.9 Å². The Hall–Kier alpha value is -3.09. The van der Waals surface area contributed by atoms with Crippen LogP contribution in [-0.2, 0) is 4.74 Å². The van der Waals surface area contributed by atoms with Gasteiger partial charge in [0.15, 0.2) is 29.1 Å². The minimum atomic E-state index is -0.546. The van der Waals surface area contributed by atoms with Crippen LogP contribution in [0.3, 0.4) is 0 Å². The third kappa shape index (κ3) is 3.40. The van der Waals surface area contributed by atoms with Crippen molar-refractivity contribution in [2.24, 2.45) is 4.99 Å².